The first-order chi connectivity index (χ1) is 13.8. The lowest BCUT2D eigenvalue weighted by Crippen LogP contribution is -2.65. The number of amides is 2. The molecule has 5 nitrogen and oxygen atoms in total. The molecule has 2 amide bonds. The fraction of sp³-hybridized carbons (Fsp3) is 0.227. The summed E-state index contributed by atoms with van der Waals surface area (Å²) in [6, 6.07) is 25.1. The zero-order valence-electron chi connectivity index (χ0n) is 15.3. The van der Waals surface area contributed by atoms with Crippen molar-refractivity contribution in [2.24, 2.45) is 0 Å². The highest BCUT2D eigenvalue weighted by Crippen LogP contribution is 2.30. The van der Waals surface area contributed by atoms with Crippen molar-refractivity contribution in [2.75, 3.05) is 6.54 Å². The third-order valence-electron chi connectivity index (χ3n) is 5.45. The number of hydrogen-bond acceptors (Lipinski definition) is 4. The van der Waals surface area contributed by atoms with Crippen LogP contribution in [0.25, 0.3) is 10.8 Å². The first-order valence-corrected chi connectivity index (χ1v) is 10.6. The van der Waals surface area contributed by atoms with Gasteiger partial charge in [-0.3, -0.25) is 5.32 Å². The van der Waals surface area contributed by atoms with Gasteiger partial charge in [0.15, 0.2) is 0 Å². The van der Waals surface area contributed by atoms with Crippen molar-refractivity contribution in [3.8, 4) is 0 Å². The van der Waals surface area contributed by atoms with Crippen molar-refractivity contribution in [2.45, 2.75) is 23.3 Å². The molecule has 2 aliphatic heterocycles. The molecule has 5 rings (SSSR count). The van der Waals surface area contributed by atoms with Gasteiger partial charge in [0.05, 0.1) is 0 Å². The molecule has 6 heteroatoms. The normalized spacial score (nSPS) is 24.2. The average Bonchev–Trinajstić information content (AvgIpc) is 3.17. The van der Waals surface area contributed by atoms with Crippen molar-refractivity contribution in [1.29, 1.82) is 0 Å². The molecule has 2 aliphatic rings. The highest BCUT2D eigenvalue weighted by atomic mass is 32.2. The highest BCUT2D eigenvalue weighted by molar-refractivity contribution is 7.99. The molecule has 3 atom stereocenters. The topological polar surface area (TPSA) is 56.4 Å². The van der Waals surface area contributed by atoms with Gasteiger partial charge < -0.3 is 5.32 Å². The third kappa shape index (κ3) is 3.24. The summed E-state index contributed by atoms with van der Waals surface area (Å²) in [5.74, 6) is 1.06. The van der Waals surface area contributed by atoms with E-state index in [0.717, 1.165) is 12.3 Å². The van der Waals surface area contributed by atoms with Gasteiger partial charge in [-0.1, -0.05) is 72.8 Å². The van der Waals surface area contributed by atoms with Gasteiger partial charge in [-0.15, -0.1) is 11.8 Å². The summed E-state index contributed by atoms with van der Waals surface area (Å²) in [5.41, 5.74) is 5.62. The molecule has 28 heavy (non-hydrogen) atoms. The molecule has 142 valence electrons. The van der Waals surface area contributed by atoms with E-state index in [1.165, 1.54) is 21.9 Å². The number of thioether (sulfide) groups is 1. The van der Waals surface area contributed by atoms with E-state index in [4.69, 9.17) is 0 Å². The number of rotatable bonds is 4. The fourth-order valence-electron chi connectivity index (χ4n) is 4.04. The SMILES string of the molecule is O=C1NC(SCc2cccc3ccccc23)NC2C(c3ccccc3)CNN12. The van der Waals surface area contributed by atoms with Crippen LogP contribution in [0.5, 0.6) is 0 Å². The summed E-state index contributed by atoms with van der Waals surface area (Å²) >= 11 is 1.72. The number of benzene rings is 3. The van der Waals surface area contributed by atoms with Crippen LogP contribution in [-0.4, -0.2) is 29.2 Å². The molecule has 2 saturated heterocycles. The fourth-order valence-corrected chi connectivity index (χ4v) is 5.05. The first-order valence-electron chi connectivity index (χ1n) is 9.52. The van der Waals surface area contributed by atoms with E-state index in [-0.39, 0.29) is 23.6 Å². The van der Waals surface area contributed by atoms with Gasteiger partial charge in [0, 0.05) is 18.2 Å². The van der Waals surface area contributed by atoms with Crippen molar-refractivity contribution >= 4 is 28.6 Å². The third-order valence-corrected chi connectivity index (χ3v) is 6.51. The second-order valence-electron chi connectivity index (χ2n) is 7.14. The molecule has 0 saturated carbocycles. The summed E-state index contributed by atoms with van der Waals surface area (Å²) in [6.45, 7) is 0.746. The van der Waals surface area contributed by atoms with E-state index < -0.39 is 0 Å². The molecule has 0 aliphatic carbocycles. The number of fused-ring (bicyclic) bond motifs is 2. The lowest BCUT2D eigenvalue weighted by atomic mass is 9.97. The Hall–Kier alpha value is -2.54. The maximum atomic E-state index is 12.6. The molecule has 3 unspecified atom stereocenters. The standard InChI is InChI=1S/C22H22N4OS/c27-22-25-21(28-14-17-11-6-10-15-9-4-5-12-18(15)17)24-20-19(13-23-26(20)22)16-7-2-1-3-8-16/h1-12,19-21,23-24H,13-14H2,(H,25,27). The quantitative estimate of drug-likeness (QED) is 0.637. The molecular formula is C22H22N4OS. The predicted molar refractivity (Wildman–Crippen MR) is 114 cm³/mol. The lowest BCUT2D eigenvalue weighted by Gasteiger charge is -2.37. The van der Waals surface area contributed by atoms with Gasteiger partial charge in [0.1, 0.15) is 11.7 Å². The van der Waals surface area contributed by atoms with Crippen LogP contribution in [0.15, 0.2) is 72.8 Å². The summed E-state index contributed by atoms with van der Waals surface area (Å²) < 4.78 is 0. The van der Waals surface area contributed by atoms with Gasteiger partial charge in [-0.2, -0.15) is 0 Å². The van der Waals surface area contributed by atoms with E-state index in [1.54, 1.807) is 16.8 Å². The number of nitrogens with zero attached hydrogens (tertiary/aromatic N) is 1. The Kier molecular flexibility index (Phi) is 4.68. The number of urea groups is 1. The molecule has 0 radical (unpaired) electrons. The van der Waals surface area contributed by atoms with E-state index in [0.29, 0.717) is 0 Å². The van der Waals surface area contributed by atoms with Crippen LogP contribution in [0.3, 0.4) is 0 Å². The van der Waals surface area contributed by atoms with E-state index in [9.17, 15) is 4.79 Å². The Balaban J connectivity index is 1.32. The molecule has 2 heterocycles. The van der Waals surface area contributed by atoms with E-state index in [2.05, 4.69) is 70.7 Å². The van der Waals surface area contributed by atoms with Crippen molar-refractivity contribution in [3.63, 3.8) is 0 Å². The smallest absolute Gasteiger partial charge is 0.312 e. The minimum Gasteiger partial charge on any atom is -0.312 e. The van der Waals surface area contributed by atoms with E-state index in [1.807, 2.05) is 18.2 Å². The molecule has 0 aromatic heterocycles. The van der Waals surface area contributed by atoms with Gasteiger partial charge in [-0.05, 0) is 21.9 Å². The Morgan fingerprint density at radius 1 is 0.964 bits per heavy atom. The molecule has 3 N–H and O–H groups in total. The molecular weight excluding hydrogens is 368 g/mol. The number of carbonyl (C=O) groups is 1. The predicted octanol–water partition coefficient (Wildman–Crippen LogP) is 3.60. The van der Waals surface area contributed by atoms with Crippen LogP contribution in [0.2, 0.25) is 0 Å². The summed E-state index contributed by atoms with van der Waals surface area (Å²) in [7, 11) is 0. The first kappa shape index (κ1) is 17.6. The highest BCUT2D eigenvalue weighted by Gasteiger charge is 2.43. The largest absolute Gasteiger partial charge is 0.335 e. The Morgan fingerprint density at radius 3 is 2.64 bits per heavy atom. The second kappa shape index (κ2) is 7.47. The van der Waals surface area contributed by atoms with Crippen molar-refractivity contribution in [3.05, 3.63) is 83.9 Å². The summed E-state index contributed by atoms with van der Waals surface area (Å²) in [6.07, 6.45) is -0.0545. The van der Waals surface area contributed by atoms with Crippen molar-refractivity contribution < 1.29 is 4.79 Å². The molecule has 2 fully saturated rings. The average molecular weight is 391 g/mol. The van der Waals surface area contributed by atoms with Gasteiger partial charge in [-0.25, -0.2) is 15.2 Å². The Bertz CT molecular complexity index is 991. The molecule has 0 spiro atoms. The second-order valence-corrected chi connectivity index (χ2v) is 8.23. The van der Waals surface area contributed by atoms with Crippen LogP contribution in [-0.2, 0) is 5.75 Å². The van der Waals surface area contributed by atoms with Crippen LogP contribution in [0.1, 0.15) is 17.0 Å². The van der Waals surface area contributed by atoms with Crippen molar-refractivity contribution in [1.82, 2.24) is 21.1 Å². The molecule has 3 aromatic carbocycles. The molecule has 0 bridgehead atoms. The number of nitrogens with one attached hydrogen (secondary N) is 3. The number of carbonyl (C=O) groups excluding carboxylic acids is 1. The van der Waals surface area contributed by atoms with Crippen LogP contribution in [0.4, 0.5) is 4.79 Å². The number of hydrogen-bond donors (Lipinski definition) is 3. The zero-order valence-corrected chi connectivity index (χ0v) is 16.2. The molecule has 3 aromatic rings. The monoisotopic (exact) mass is 390 g/mol. The van der Waals surface area contributed by atoms with Crippen LogP contribution >= 0.6 is 11.8 Å². The zero-order chi connectivity index (χ0) is 18.9. The minimum atomic E-state index is -0.126. The summed E-state index contributed by atoms with van der Waals surface area (Å²) in [4.78, 5) is 12.6. The van der Waals surface area contributed by atoms with E-state index >= 15 is 0 Å². The van der Waals surface area contributed by atoms with Gasteiger partial charge in [0.25, 0.3) is 0 Å². The summed E-state index contributed by atoms with van der Waals surface area (Å²) in [5, 5.41) is 10.9. The Morgan fingerprint density at radius 2 is 1.75 bits per heavy atom. The maximum Gasteiger partial charge on any atom is 0.335 e. The van der Waals surface area contributed by atoms with Gasteiger partial charge in [0.2, 0.25) is 0 Å². The Labute approximate surface area is 168 Å². The van der Waals surface area contributed by atoms with Crippen LogP contribution in [0, 0.1) is 0 Å². The lowest BCUT2D eigenvalue weighted by molar-refractivity contribution is 0.128. The maximum absolute atomic E-state index is 12.6. The van der Waals surface area contributed by atoms with Crippen LogP contribution < -0.4 is 16.1 Å². The minimum absolute atomic E-state index is 0.0545. The number of hydrazine groups is 1. The van der Waals surface area contributed by atoms with Gasteiger partial charge >= 0.3 is 6.03 Å².